The number of carbonyl (C=O) groups is 3. The van der Waals surface area contributed by atoms with Crippen LogP contribution in [-0.4, -0.2) is 55.9 Å². The highest BCUT2D eigenvalue weighted by Gasteiger charge is 2.55. The van der Waals surface area contributed by atoms with Crippen molar-refractivity contribution in [3.8, 4) is 0 Å². The quantitative estimate of drug-likeness (QED) is 0.213. The van der Waals surface area contributed by atoms with Crippen LogP contribution in [-0.2, 0) is 4.79 Å². The summed E-state index contributed by atoms with van der Waals surface area (Å²) in [5.41, 5.74) is 7.02. The van der Waals surface area contributed by atoms with Gasteiger partial charge in [0.25, 0.3) is 11.8 Å². The van der Waals surface area contributed by atoms with Crippen LogP contribution in [0.15, 0.2) is 39.7 Å². The molecule has 3 aromatic heterocycles. The first-order valence-electron chi connectivity index (χ1n) is 10.0. The Hall–Kier alpha value is -3.06. The third-order valence-corrected chi connectivity index (χ3v) is 6.82. The maximum Gasteiger partial charge on any atom is 0.307 e. The second kappa shape index (κ2) is 9.43. The minimum absolute atomic E-state index is 0.126. The average molecular weight is 583 g/mol. The fraction of sp³-hybridized carbons (Fsp3) is 0.300. The topological polar surface area (TPSA) is 182 Å². The fourth-order valence-electron chi connectivity index (χ4n) is 4.37. The Bertz CT molecular complexity index is 1190. The summed E-state index contributed by atoms with van der Waals surface area (Å²) in [6.45, 7) is 0.332. The standard InChI is InChI=1S/C20H21Br2N7O4/c21-8-1-12(24-3-8)17(30)26-5-10-11(6-27-18(31)13-2-9(22)4-25-13)16(19(32)33)15(10)14-7-28-20(23)29-14/h1-4,7,10-11,15-16,24-25H,5-6H2,(H,26,30)(H,27,31)(H,32,33)(H3,23,28,29)/t10-,11-,15-,16+/m0/s1. The lowest BCUT2D eigenvalue weighted by molar-refractivity contribution is -0.153. The summed E-state index contributed by atoms with van der Waals surface area (Å²) in [4.78, 5) is 49.7. The van der Waals surface area contributed by atoms with Crippen molar-refractivity contribution in [2.45, 2.75) is 5.92 Å². The average Bonchev–Trinajstić information content (AvgIpc) is 3.48. The molecule has 3 aromatic rings. The summed E-state index contributed by atoms with van der Waals surface area (Å²) >= 11 is 6.57. The van der Waals surface area contributed by atoms with E-state index in [2.05, 4.69) is 62.4 Å². The molecule has 1 aliphatic carbocycles. The third kappa shape index (κ3) is 4.83. The van der Waals surface area contributed by atoms with Crippen molar-refractivity contribution in [2.75, 3.05) is 18.8 Å². The number of H-pyrrole nitrogens is 3. The van der Waals surface area contributed by atoms with Gasteiger partial charge in [0, 0.05) is 46.0 Å². The number of nitrogens with zero attached hydrogens (tertiary/aromatic N) is 1. The maximum absolute atomic E-state index is 12.5. The zero-order chi connectivity index (χ0) is 23.7. The fourth-order valence-corrected chi connectivity index (χ4v) is 5.05. The second-order valence-electron chi connectivity index (χ2n) is 7.82. The molecule has 33 heavy (non-hydrogen) atoms. The molecule has 8 N–H and O–H groups in total. The Kier molecular flexibility index (Phi) is 6.61. The number of hydrogen-bond donors (Lipinski definition) is 7. The van der Waals surface area contributed by atoms with Crippen LogP contribution in [0.25, 0.3) is 0 Å². The number of aromatic nitrogens is 4. The van der Waals surface area contributed by atoms with Gasteiger partial charge in [0.2, 0.25) is 0 Å². The number of hydrogen-bond acceptors (Lipinski definition) is 5. The first-order valence-corrected chi connectivity index (χ1v) is 11.6. The molecule has 0 aliphatic heterocycles. The monoisotopic (exact) mass is 581 g/mol. The number of carbonyl (C=O) groups excluding carboxylic acids is 2. The van der Waals surface area contributed by atoms with E-state index in [1.165, 1.54) is 6.20 Å². The zero-order valence-corrected chi connectivity index (χ0v) is 20.2. The molecule has 2 amide bonds. The third-order valence-electron chi connectivity index (χ3n) is 5.90. The highest BCUT2D eigenvalue weighted by Crippen LogP contribution is 2.51. The molecule has 0 spiro atoms. The van der Waals surface area contributed by atoms with E-state index in [1.54, 1.807) is 24.5 Å². The molecule has 4 rings (SSSR count). The van der Waals surface area contributed by atoms with E-state index < -0.39 is 23.7 Å². The van der Waals surface area contributed by atoms with Crippen LogP contribution in [0.2, 0.25) is 0 Å². The Morgan fingerprint density at radius 2 is 1.55 bits per heavy atom. The van der Waals surface area contributed by atoms with E-state index in [0.29, 0.717) is 17.1 Å². The molecular weight excluding hydrogens is 562 g/mol. The van der Waals surface area contributed by atoms with E-state index in [1.807, 2.05) is 0 Å². The summed E-state index contributed by atoms with van der Waals surface area (Å²) in [6.07, 6.45) is 4.79. The van der Waals surface area contributed by atoms with Gasteiger partial charge >= 0.3 is 5.97 Å². The van der Waals surface area contributed by atoms with Crippen LogP contribution in [0.3, 0.4) is 0 Å². The SMILES string of the molecule is Nc1ncc([C@@H]2[C@@H](CNC(=O)c3cc(Br)c[nH]3)[C@H](CNC(=O)c3cc(Br)c[nH]3)[C@H]2C(=O)O)[nH]1. The number of anilines is 1. The molecular formula is C20H21Br2N7O4. The van der Waals surface area contributed by atoms with Gasteiger partial charge in [0.05, 0.1) is 12.1 Å². The normalized spacial score (nSPS) is 21.9. The maximum atomic E-state index is 12.5. The number of nitrogens with one attached hydrogen (secondary N) is 5. The number of aliphatic carboxylic acids is 1. The smallest absolute Gasteiger partial charge is 0.307 e. The summed E-state index contributed by atoms with van der Waals surface area (Å²) in [6, 6.07) is 3.28. The van der Waals surface area contributed by atoms with E-state index >= 15 is 0 Å². The molecule has 0 bridgehead atoms. The summed E-state index contributed by atoms with van der Waals surface area (Å²) < 4.78 is 1.47. The number of nitrogen functional groups attached to an aromatic ring is 1. The van der Waals surface area contributed by atoms with E-state index in [-0.39, 0.29) is 36.8 Å². The number of imidazole rings is 1. The van der Waals surface area contributed by atoms with Crippen molar-refractivity contribution >= 4 is 55.6 Å². The van der Waals surface area contributed by atoms with Gasteiger partial charge in [-0.15, -0.1) is 0 Å². The first kappa shape index (κ1) is 23.1. The molecule has 1 saturated carbocycles. The number of amides is 2. The summed E-state index contributed by atoms with van der Waals surface area (Å²) in [7, 11) is 0. The molecule has 0 aromatic carbocycles. The van der Waals surface area contributed by atoms with Crippen molar-refractivity contribution in [3.05, 3.63) is 56.8 Å². The van der Waals surface area contributed by atoms with Gasteiger partial charge in [-0.2, -0.15) is 0 Å². The van der Waals surface area contributed by atoms with Gasteiger partial charge < -0.3 is 36.4 Å². The Balaban J connectivity index is 1.51. The van der Waals surface area contributed by atoms with Crippen LogP contribution in [0.4, 0.5) is 5.95 Å². The Morgan fingerprint density at radius 3 is 1.97 bits per heavy atom. The zero-order valence-electron chi connectivity index (χ0n) is 17.1. The minimum atomic E-state index is -0.995. The minimum Gasteiger partial charge on any atom is -0.481 e. The van der Waals surface area contributed by atoms with Crippen molar-refractivity contribution in [2.24, 2.45) is 17.8 Å². The molecule has 3 heterocycles. The molecule has 1 fully saturated rings. The van der Waals surface area contributed by atoms with Gasteiger partial charge in [-0.1, -0.05) is 0 Å². The first-order chi connectivity index (χ1) is 15.7. The van der Waals surface area contributed by atoms with Crippen LogP contribution in [0.1, 0.15) is 32.6 Å². The number of carboxylic acids is 1. The lowest BCUT2D eigenvalue weighted by atomic mass is 9.55. The van der Waals surface area contributed by atoms with Crippen molar-refractivity contribution < 1.29 is 19.5 Å². The van der Waals surface area contributed by atoms with E-state index in [9.17, 15) is 19.5 Å². The number of rotatable bonds is 8. The number of nitrogens with two attached hydrogens (primary N) is 1. The predicted molar refractivity (Wildman–Crippen MR) is 125 cm³/mol. The lowest BCUT2D eigenvalue weighted by Crippen LogP contribution is -2.57. The van der Waals surface area contributed by atoms with Crippen LogP contribution < -0.4 is 16.4 Å². The molecule has 0 unspecified atom stereocenters. The Labute approximate surface area is 204 Å². The van der Waals surface area contributed by atoms with Gasteiger partial charge in [-0.25, -0.2) is 4.98 Å². The molecule has 11 nitrogen and oxygen atoms in total. The van der Waals surface area contributed by atoms with Crippen LogP contribution in [0.5, 0.6) is 0 Å². The van der Waals surface area contributed by atoms with E-state index in [4.69, 9.17) is 5.73 Å². The van der Waals surface area contributed by atoms with Gasteiger partial charge in [0.1, 0.15) is 11.4 Å². The molecule has 174 valence electrons. The number of halogens is 2. The Morgan fingerprint density at radius 1 is 1.00 bits per heavy atom. The molecule has 4 atom stereocenters. The largest absolute Gasteiger partial charge is 0.481 e. The number of aromatic amines is 3. The molecule has 1 aliphatic rings. The highest BCUT2D eigenvalue weighted by atomic mass is 79.9. The van der Waals surface area contributed by atoms with Crippen molar-refractivity contribution in [1.29, 1.82) is 0 Å². The predicted octanol–water partition coefficient (Wildman–Crippen LogP) is 2.06. The van der Waals surface area contributed by atoms with Crippen LogP contribution in [0, 0.1) is 17.8 Å². The van der Waals surface area contributed by atoms with Crippen LogP contribution >= 0.6 is 31.9 Å². The second-order valence-corrected chi connectivity index (χ2v) is 9.66. The number of carboxylic acid groups (broad SMARTS) is 1. The van der Waals surface area contributed by atoms with Gasteiger partial charge in [-0.3, -0.25) is 14.4 Å². The summed E-state index contributed by atoms with van der Waals surface area (Å²) in [5.74, 6) is -3.42. The van der Waals surface area contributed by atoms with Gasteiger partial charge in [0.15, 0.2) is 5.95 Å². The molecule has 0 radical (unpaired) electrons. The van der Waals surface area contributed by atoms with Crippen molar-refractivity contribution in [1.82, 2.24) is 30.6 Å². The van der Waals surface area contributed by atoms with Crippen molar-refractivity contribution in [3.63, 3.8) is 0 Å². The van der Waals surface area contributed by atoms with E-state index in [0.717, 1.165) is 8.95 Å². The lowest BCUT2D eigenvalue weighted by Gasteiger charge is -2.49. The van der Waals surface area contributed by atoms with Gasteiger partial charge in [-0.05, 0) is 55.8 Å². The summed E-state index contributed by atoms with van der Waals surface area (Å²) in [5, 5.41) is 15.6. The highest BCUT2D eigenvalue weighted by molar-refractivity contribution is 9.10. The molecule has 13 heteroatoms. The molecule has 0 saturated heterocycles.